The van der Waals surface area contributed by atoms with Crippen molar-refractivity contribution in [2.45, 2.75) is 24.3 Å². The second-order valence-electron chi connectivity index (χ2n) is 4.53. The summed E-state index contributed by atoms with van der Waals surface area (Å²) in [7, 11) is 0. The highest BCUT2D eigenvalue weighted by atomic mass is 16.4. The molecular weight excluding hydrogens is 220 g/mol. The number of aromatic nitrogens is 3. The lowest BCUT2D eigenvalue weighted by atomic mass is 9.62. The number of carboxylic acids is 1. The summed E-state index contributed by atoms with van der Waals surface area (Å²) in [4.78, 5) is 15.6. The van der Waals surface area contributed by atoms with Gasteiger partial charge in [0.1, 0.15) is 0 Å². The van der Waals surface area contributed by atoms with Gasteiger partial charge in [-0.1, -0.05) is 0 Å². The SMILES string of the molecule is NC1CC(C(=O)O)(c2cnc3ccnn3c2)C1. The van der Waals surface area contributed by atoms with Crippen molar-refractivity contribution in [3.63, 3.8) is 0 Å². The molecule has 1 aliphatic carbocycles. The Hall–Kier alpha value is -1.95. The maximum atomic E-state index is 11.4. The van der Waals surface area contributed by atoms with E-state index in [-0.39, 0.29) is 6.04 Å². The zero-order chi connectivity index (χ0) is 12.0. The average molecular weight is 232 g/mol. The van der Waals surface area contributed by atoms with E-state index in [1.807, 2.05) is 0 Å². The van der Waals surface area contributed by atoms with E-state index in [9.17, 15) is 9.90 Å². The van der Waals surface area contributed by atoms with Crippen LogP contribution < -0.4 is 5.73 Å². The van der Waals surface area contributed by atoms with Crippen LogP contribution in [-0.4, -0.2) is 31.7 Å². The predicted molar refractivity (Wildman–Crippen MR) is 59.5 cm³/mol. The number of aliphatic carboxylic acids is 1. The van der Waals surface area contributed by atoms with Gasteiger partial charge in [-0.25, -0.2) is 9.50 Å². The minimum atomic E-state index is -0.882. The number of carboxylic acid groups (broad SMARTS) is 1. The summed E-state index contributed by atoms with van der Waals surface area (Å²) < 4.78 is 1.59. The van der Waals surface area contributed by atoms with E-state index in [0.717, 1.165) is 0 Å². The molecule has 3 rings (SSSR count). The molecule has 1 saturated carbocycles. The van der Waals surface area contributed by atoms with E-state index in [1.165, 1.54) is 0 Å². The molecule has 2 heterocycles. The first kappa shape index (κ1) is 10.2. The molecule has 6 nitrogen and oxygen atoms in total. The van der Waals surface area contributed by atoms with E-state index in [0.29, 0.717) is 24.1 Å². The molecule has 0 saturated heterocycles. The van der Waals surface area contributed by atoms with Gasteiger partial charge in [-0.2, -0.15) is 5.10 Å². The Kier molecular flexibility index (Phi) is 1.97. The number of nitrogens with two attached hydrogens (primary N) is 1. The van der Waals surface area contributed by atoms with Gasteiger partial charge in [0.2, 0.25) is 0 Å². The molecule has 6 heteroatoms. The minimum absolute atomic E-state index is 0.0422. The van der Waals surface area contributed by atoms with Gasteiger partial charge in [0.15, 0.2) is 5.65 Å². The third-order valence-corrected chi connectivity index (χ3v) is 3.43. The van der Waals surface area contributed by atoms with Gasteiger partial charge < -0.3 is 10.8 Å². The summed E-state index contributed by atoms with van der Waals surface area (Å²) in [6, 6.07) is 1.73. The van der Waals surface area contributed by atoms with Gasteiger partial charge in [-0.05, 0) is 12.8 Å². The normalized spacial score (nSPS) is 27.9. The Morgan fingerprint density at radius 1 is 1.59 bits per heavy atom. The molecule has 17 heavy (non-hydrogen) atoms. The predicted octanol–water partition coefficient (Wildman–Crippen LogP) is 0.173. The van der Waals surface area contributed by atoms with Crippen molar-refractivity contribution in [2.24, 2.45) is 5.73 Å². The van der Waals surface area contributed by atoms with Crippen LogP contribution in [0.5, 0.6) is 0 Å². The van der Waals surface area contributed by atoms with Crippen molar-refractivity contribution < 1.29 is 9.90 Å². The highest BCUT2D eigenvalue weighted by Gasteiger charge is 2.51. The van der Waals surface area contributed by atoms with Gasteiger partial charge >= 0.3 is 5.97 Å². The third kappa shape index (κ3) is 1.34. The molecule has 2 aromatic rings. The fourth-order valence-electron chi connectivity index (χ4n) is 2.43. The second kappa shape index (κ2) is 3.27. The van der Waals surface area contributed by atoms with Crippen molar-refractivity contribution >= 4 is 11.6 Å². The van der Waals surface area contributed by atoms with Crippen LogP contribution >= 0.6 is 0 Å². The van der Waals surface area contributed by atoms with Gasteiger partial charge in [0.25, 0.3) is 0 Å². The van der Waals surface area contributed by atoms with E-state index in [4.69, 9.17) is 5.73 Å². The van der Waals surface area contributed by atoms with Crippen LogP contribution in [0.2, 0.25) is 0 Å². The third-order valence-electron chi connectivity index (χ3n) is 3.43. The van der Waals surface area contributed by atoms with Crippen LogP contribution in [0.4, 0.5) is 0 Å². The number of fused-ring (bicyclic) bond motifs is 1. The summed E-state index contributed by atoms with van der Waals surface area (Å²) in [5.74, 6) is -0.840. The number of hydrogen-bond acceptors (Lipinski definition) is 4. The van der Waals surface area contributed by atoms with E-state index in [1.54, 1.807) is 29.2 Å². The van der Waals surface area contributed by atoms with Gasteiger partial charge in [0, 0.05) is 30.1 Å². The maximum Gasteiger partial charge on any atom is 0.314 e. The van der Waals surface area contributed by atoms with Crippen molar-refractivity contribution in [3.8, 4) is 0 Å². The molecule has 0 aromatic carbocycles. The van der Waals surface area contributed by atoms with Crippen molar-refractivity contribution in [3.05, 3.63) is 30.2 Å². The molecule has 1 fully saturated rings. The van der Waals surface area contributed by atoms with Crippen LogP contribution in [0.25, 0.3) is 5.65 Å². The van der Waals surface area contributed by atoms with E-state index in [2.05, 4.69) is 10.1 Å². The lowest BCUT2D eigenvalue weighted by Crippen LogP contribution is -2.54. The summed E-state index contributed by atoms with van der Waals surface area (Å²) in [6.07, 6.45) is 5.87. The summed E-state index contributed by atoms with van der Waals surface area (Å²) in [5, 5.41) is 13.4. The first-order valence-electron chi connectivity index (χ1n) is 5.41. The Morgan fingerprint density at radius 3 is 3.00 bits per heavy atom. The molecule has 0 spiro atoms. The number of hydrogen-bond donors (Lipinski definition) is 2. The highest BCUT2D eigenvalue weighted by Crippen LogP contribution is 2.42. The number of carbonyl (C=O) groups is 1. The highest BCUT2D eigenvalue weighted by molar-refractivity contribution is 5.83. The molecule has 3 N–H and O–H groups in total. The Morgan fingerprint density at radius 2 is 2.35 bits per heavy atom. The fraction of sp³-hybridized carbons (Fsp3) is 0.364. The van der Waals surface area contributed by atoms with Gasteiger partial charge in [-0.3, -0.25) is 4.79 Å². The smallest absolute Gasteiger partial charge is 0.314 e. The van der Waals surface area contributed by atoms with E-state index < -0.39 is 11.4 Å². The lowest BCUT2D eigenvalue weighted by molar-refractivity contribution is -0.148. The monoisotopic (exact) mass is 232 g/mol. The molecule has 1 aliphatic rings. The zero-order valence-corrected chi connectivity index (χ0v) is 9.08. The molecule has 2 aromatic heterocycles. The second-order valence-corrected chi connectivity index (χ2v) is 4.53. The largest absolute Gasteiger partial charge is 0.481 e. The van der Waals surface area contributed by atoms with Gasteiger partial charge in [0.05, 0.1) is 11.6 Å². The summed E-state index contributed by atoms with van der Waals surface area (Å²) >= 11 is 0. The number of nitrogens with zero attached hydrogens (tertiary/aromatic N) is 3. The molecule has 0 aliphatic heterocycles. The Balaban J connectivity index is 2.09. The maximum absolute atomic E-state index is 11.4. The van der Waals surface area contributed by atoms with Crippen molar-refractivity contribution in [2.75, 3.05) is 0 Å². The molecular formula is C11H12N4O2. The summed E-state index contributed by atoms with van der Waals surface area (Å²) in [5.41, 5.74) is 6.21. The fourth-order valence-corrected chi connectivity index (χ4v) is 2.43. The van der Waals surface area contributed by atoms with Crippen LogP contribution in [0.3, 0.4) is 0 Å². The van der Waals surface area contributed by atoms with Crippen LogP contribution in [0.15, 0.2) is 24.7 Å². The molecule has 0 amide bonds. The lowest BCUT2D eigenvalue weighted by Gasteiger charge is -2.42. The quantitative estimate of drug-likeness (QED) is 0.770. The van der Waals surface area contributed by atoms with Crippen molar-refractivity contribution in [1.82, 2.24) is 14.6 Å². The van der Waals surface area contributed by atoms with E-state index >= 15 is 0 Å². The van der Waals surface area contributed by atoms with Crippen LogP contribution in [0.1, 0.15) is 18.4 Å². The first-order chi connectivity index (χ1) is 8.12. The summed E-state index contributed by atoms with van der Waals surface area (Å²) in [6.45, 7) is 0. The molecule has 88 valence electrons. The van der Waals surface area contributed by atoms with Crippen LogP contribution in [-0.2, 0) is 10.2 Å². The zero-order valence-electron chi connectivity index (χ0n) is 9.08. The van der Waals surface area contributed by atoms with Crippen LogP contribution in [0, 0.1) is 0 Å². The molecule has 0 bridgehead atoms. The Labute approximate surface area is 97.1 Å². The molecule has 0 unspecified atom stereocenters. The molecule has 0 radical (unpaired) electrons. The first-order valence-corrected chi connectivity index (χ1v) is 5.41. The van der Waals surface area contributed by atoms with Gasteiger partial charge in [-0.15, -0.1) is 0 Å². The Bertz CT molecular complexity index is 586. The standard InChI is InChI=1S/C11H12N4O2/c12-8-3-11(4-8,10(16)17)7-5-13-9-1-2-14-15(9)6-7/h1-2,5-6,8H,3-4,12H2,(H,16,17). The average Bonchev–Trinajstić information content (AvgIpc) is 2.70. The number of rotatable bonds is 2. The molecule has 0 atom stereocenters. The van der Waals surface area contributed by atoms with Crippen molar-refractivity contribution in [1.29, 1.82) is 0 Å². The minimum Gasteiger partial charge on any atom is -0.481 e. The topological polar surface area (TPSA) is 93.5 Å².